The van der Waals surface area contributed by atoms with Crippen molar-refractivity contribution in [3.05, 3.63) is 23.3 Å². The van der Waals surface area contributed by atoms with Gasteiger partial charge in [0.15, 0.2) is 11.5 Å². The fourth-order valence-corrected chi connectivity index (χ4v) is 4.23. The van der Waals surface area contributed by atoms with Crippen molar-refractivity contribution in [1.82, 2.24) is 4.90 Å². The van der Waals surface area contributed by atoms with E-state index in [4.69, 9.17) is 15.2 Å². The predicted molar refractivity (Wildman–Crippen MR) is 93.2 cm³/mol. The molecule has 0 bridgehead atoms. The van der Waals surface area contributed by atoms with Crippen molar-refractivity contribution in [3.8, 4) is 11.5 Å². The Hall–Kier alpha value is -1.26. The van der Waals surface area contributed by atoms with Crippen molar-refractivity contribution in [2.24, 2.45) is 11.7 Å². The average molecular weight is 318 g/mol. The predicted octanol–water partition coefficient (Wildman–Crippen LogP) is 3.14. The van der Waals surface area contributed by atoms with E-state index in [1.807, 2.05) is 0 Å². The van der Waals surface area contributed by atoms with E-state index in [0.717, 1.165) is 37.4 Å². The van der Waals surface area contributed by atoms with Crippen molar-refractivity contribution in [2.75, 3.05) is 27.3 Å². The molecule has 2 N–H and O–H groups in total. The van der Waals surface area contributed by atoms with Gasteiger partial charge in [-0.25, -0.2) is 0 Å². The molecule has 0 saturated carbocycles. The molecule has 1 fully saturated rings. The van der Waals surface area contributed by atoms with Crippen LogP contribution in [0.2, 0.25) is 0 Å². The Labute approximate surface area is 139 Å². The van der Waals surface area contributed by atoms with Gasteiger partial charge in [0.25, 0.3) is 0 Å². The van der Waals surface area contributed by atoms with Crippen molar-refractivity contribution in [2.45, 2.75) is 51.1 Å². The third kappa shape index (κ3) is 3.20. The highest BCUT2D eigenvalue weighted by atomic mass is 16.5. The van der Waals surface area contributed by atoms with E-state index in [0.29, 0.717) is 18.0 Å². The molecule has 3 atom stereocenters. The summed E-state index contributed by atoms with van der Waals surface area (Å²) in [7, 11) is 3.41. The zero-order chi connectivity index (χ0) is 16.4. The topological polar surface area (TPSA) is 47.7 Å². The van der Waals surface area contributed by atoms with Gasteiger partial charge in [0, 0.05) is 25.2 Å². The molecule has 1 aromatic carbocycles. The van der Waals surface area contributed by atoms with Gasteiger partial charge in [-0.1, -0.05) is 19.8 Å². The summed E-state index contributed by atoms with van der Waals surface area (Å²) in [4.78, 5) is 2.64. The lowest BCUT2D eigenvalue weighted by Crippen LogP contribution is -2.50. The Morgan fingerprint density at radius 2 is 1.96 bits per heavy atom. The number of hydrogen-bond acceptors (Lipinski definition) is 4. The average Bonchev–Trinajstić information content (AvgIpc) is 2.58. The first-order chi connectivity index (χ1) is 11.2. The van der Waals surface area contributed by atoms with Gasteiger partial charge >= 0.3 is 0 Å². The van der Waals surface area contributed by atoms with Gasteiger partial charge in [0.05, 0.1) is 14.2 Å². The molecule has 128 valence electrons. The van der Waals surface area contributed by atoms with Gasteiger partial charge in [-0.15, -0.1) is 0 Å². The standard InChI is InChI=1S/C19H30N2O2/c1-4-5-6-14-12-21-8-7-13-9-18(22-2)19(23-3)10-15(13)17(21)11-16(14)20/h9-10,14,16-17H,4-8,11-12,20H2,1-3H3/t14-,16+,17-/m1/s1. The Kier molecular flexibility index (Phi) is 5.12. The Balaban J connectivity index is 1.84. The van der Waals surface area contributed by atoms with Crippen molar-refractivity contribution in [3.63, 3.8) is 0 Å². The number of piperidine rings is 1. The van der Waals surface area contributed by atoms with E-state index >= 15 is 0 Å². The molecule has 23 heavy (non-hydrogen) atoms. The summed E-state index contributed by atoms with van der Waals surface area (Å²) in [6.07, 6.45) is 5.95. The number of fused-ring (bicyclic) bond motifs is 3. The largest absolute Gasteiger partial charge is 0.493 e. The number of ether oxygens (including phenoxy) is 2. The smallest absolute Gasteiger partial charge is 0.161 e. The number of nitrogens with zero attached hydrogens (tertiary/aromatic N) is 1. The number of nitrogens with two attached hydrogens (primary N) is 1. The third-order valence-corrected chi connectivity index (χ3v) is 5.61. The van der Waals surface area contributed by atoms with E-state index in [2.05, 4.69) is 24.0 Å². The van der Waals surface area contributed by atoms with Crippen LogP contribution in [0.5, 0.6) is 11.5 Å². The normalized spacial score (nSPS) is 27.2. The molecule has 0 amide bonds. The molecular weight excluding hydrogens is 288 g/mol. The molecule has 4 nitrogen and oxygen atoms in total. The number of methoxy groups -OCH3 is 2. The van der Waals surface area contributed by atoms with Crippen LogP contribution in [0, 0.1) is 5.92 Å². The first-order valence-electron chi connectivity index (χ1n) is 8.92. The van der Waals surface area contributed by atoms with Crippen LogP contribution in [0.15, 0.2) is 12.1 Å². The molecule has 0 aromatic heterocycles. The highest BCUT2D eigenvalue weighted by Gasteiger charge is 2.37. The minimum atomic E-state index is 0.307. The third-order valence-electron chi connectivity index (χ3n) is 5.61. The van der Waals surface area contributed by atoms with Crippen LogP contribution in [-0.2, 0) is 6.42 Å². The van der Waals surface area contributed by atoms with Gasteiger partial charge in [-0.05, 0) is 48.4 Å². The van der Waals surface area contributed by atoms with Gasteiger partial charge in [0.2, 0.25) is 0 Å². The fraction of sp³-hybridized carbons (Fsp3) is 0.684. The molecule has 2 aliphatic heterocycles. The quantitative estimate of drug-likeness (QED) is 0.906. The SMILES string of the molecule is CCCC[C@@H]1CN2CCc3cc(OC)c(OC)cc3[C@H]2C[C@@H]1N. The maximum absolute atomic E-state index is 6.53. The lowest BCUT2D eigenvalue weighted by molar-refractivity contribution is 0.0783. The van der Waals surface area contributed by atoms with E-state index < -0.39 is 0 Å². The second kappa shape index (κ2) is 7.10. The Morgan fingerprint density at radius 3 is 2.65 bits per heavy atom. The Bertz CT molecular complexity index is 546. The van der Waals surface area contributed by atoms with Crippen molar-refractivity contribution < 1.29 is 9.47 Å². The molecule has 0 aliphatic carbocycles. The highest BCUT2D eigenvalue weighted by Crippen LogP contribution is 2.42. The van der Waals surface area contributed by atoms with E-state index in [1.165, 1.54) is 30.4 Å². The van der Waals surface area contributed by atoms with Crippen LogP contribution in [-0.4, -0.2) is 38.3 Å². The lowest BCUT2D eigenvalue weighted by Gasteiger charge is -2.46. The van der Waals surface area contributed by atoms with Crippen LogP contribution < -0.4 is 15.2 Å². The zero-order valence-corrected chi connectivity index (χ0v) is 14.7. The van der Waals surface area contributed by atoms with E-state index in [-0.39, 0.29) is 0 Å². The summed E-state index contributed by atoms with van der Waals surface area (Å²) >= 11 is 0. The first-order valence-corrected chi connectivity index (χ1v) is 8.92. The molecule has 4 heteroatoms. The lowest BCUT2D eigenvalue weighted by atomic mass is 9.79. The highest BCUT2D eigenvalue weighted by molar-refractivity contribution is 5.49. The van der Waals surface area contributed by atoms with Crippen LogP contribution >= 0.6 is 0 Å². The van der Waals surface area contributed by atoms with Crippen LogP contribution in [0.3, 0.4) is 0 Å². The fourth-order valence-electron chi connectivity index (χ4n) is 4.23. The summed E-state index contributed by atoms with van der Waals surface area (Å²) in [5.74, 6) is 2.31. The first kappa shape index (κ1) is 16.6. The van der Waals surface area contributed by atoms with Crippen molar-refractivity contribution >= 4 is 0 Å². The van der Waals surface area contributed by atoms with Gasteiger partial charge in [0.1, 0.15) is 0 Å². The zero-order valence-electron chi connectivity index (χ0n) is 14.7. The summed E-state index contributed by atoms with van der Waals surface area (Å²) in [6.45, 7) is 4.52. The summed E-state index contributed by atoms with van der Waals surface area (Å²) in [5.41, 5.74) is 9.31. The van der Waals surface area contributed by atoms with E-state index in [1.54, 1.807) is 14.2 Å². The van der Waals surface area contributed by atoms with Crippen LogP contribution in [0.1, 0.15) is 49.8 Å². The Morgan fingerprint density at radius 1 is 1.22 bits per heavy atom. The van der Waals surface area contributed by atoms with E-state index in [9.17, 15) is 0 Å². The van der Waals surface area contributed by atoms with Gasteiger partial charge in [-0.2, -0.15) is 0 Å². The monoisotopic (exact) mass is 318 g/mol. The number of benzene rings is 1. The van der Waals surface area contributed by atoms with Crippen LogP contribution in [0.25, 0.3) is 0 Å². The second-order valence-electron chi connectivity index (χ2n) is 6.97. The van der Waals surface area contributed by atoms with Crippen LogP contribution in [0.4, 0.5) is 0 Å². The molecular formula is C19H30N2O2. The minimum Gasteiger partial charge on any atom is -0.493 e. The number of hydrogen-bond donors (Lipinski definition) is 1. The maximum Gasteiger partial charge on any atom is 0.161 e. The number of unbranched alkanes of at least 4 members (excludes halogenated alkanes) is 1. The molecule has 2 heterocycles. The summed E-state index contributed by atoms with van der Waals surface area (Å²) < 4.78 is 11.0. The summed E-state index contributed by atoms with van der Waals surface area (Å²) in [5, 5.41) is 0. The van der Waals surface area contributed by atoms with Gasteiger partial charge in [-0.3, -0.25) is 4.90 Å². The minimum absolute atomic E-state index is 0.307. The molecule has 2 aliphatic rings. The molecule has 1 aromatic rings. The number of rotatable bonds is 5. The molecule has 0 unspecified atom stereocenters. The molecule has 1 saturated heterocycles. The molecule has 0 radical (unpaired) electrons. The van der Waals surface area contributed by atoms with Gasteiger partial charge < -0.3 is 15.2 Å². The second-order valence-corrected chi connectivity index (χ2v) is 6.97. The van der Waals surface area contributed by atoms with Crippen molar-refractivity contribution in [1.29, 1.82) is 0 Å². The molecule has 0 spiro atoms. The molecule has 3 rings (SSSR count). The summed E-state index contributed by atoms with van der Waals surface area (Å²) in [6, 6.07) is 5.07. The maximum atomic E-state index is 6.53.